The summed E-state index contributed by atoms with van der Waals surface area (Å²) in [5.41, 5.74) is 7.55. The molecule has 0 aliphatic heterocycles. The van der Waals surface area contributed by atoms with Gasteiger partial charge in [-0.05, 0) is 29.8 Å². The summed E-state index contributed by atoms with van der Waals surface area (Å²) in [6.07, 6.45) is 0.872. The van der Waals surface area contributed by atoms with Crippen LogP contribution in [0.3, 0.4) is 0 Å². The van der Waals surface area contributed by atoms with Gasteiger partial charge in [0.05, 0.1) is 19.8 Å². The van der Waals surface area contributed by atoms with Gasteiger partial charge in [-0.15, -0.1) is 0 Å². The first-order chi connectivity index (χ1) is 9.34. The van der Waals surface area contributed by atoms with Crippen LogP contribution >= 0.6 is 0 Å². The molecule has 2 N–H and O–H groups in total. The van der Waals surface area contributed by atoms with E-state index >= 15 is 0 Å². The summed E-state index contributed by atoms with van der Waals surface area (Å²) >= 11 is 0. The number of hydrogen-bond donors (Lipinski definition) is 1. The summed E-state index contributed by atoms with van der Waals surface area (Å²) < 4.78 is 11.2. The van der Waals surface area contributed by atoms with Gasteiger partial charge >= 0.3 is 0 Å². The zero-order chi connectivity index (χ0) is 13.3. The number of rotatable bonds is 7. The van der Waals surface area contributed by atoms with E-state index in [9.17, 15) is 0 Å². The summed E-state index contributed by atoms with van der Waals surface area (Å²) in [4.78, 5) is 0. The van der Waals surface area contributed by atoms with E-state index in [0.717, 1.165) is 17.9 Å². The standard InChI is InChI=1S/C16H19NO2/c17-15-7-9-16(10-8-15)19-12-4-11-18-13-14-5-2-1-3-6-14/h1-3,5-10H,4,11-13,17H2. The van der Waals surface area contributed by atoms with Crippen LogP contribution in [-0.4, -0.2) is 13.2 Å². The lowest BCUT2D eigenvalue weighted by Gasteiger charge is -2.07. The molecule has 0 unspecified atom stereocenters. The van der Waals surface area contributed by atoms with Crippen LogP contribution in [0.25, 0.3) is 0 Å². The molecule has 0 saturated heterocycles. The molecule has 2 aromatic carbocycles. The highest BCUT2D eigenvalue weighted by molar-refractivity contribution is 5.41. The fraction of sp³-hybridized carbons (Fsp3) is 0.250. The van der Waals surface area contributed by atoms with Crippen molar-refractivity contribution in [2.45, 2.75) is 13.0 Å². The van der Waals surface area contributed by atoms with E-state index in [0.29, 0.717) is 19.8 Å². The number of benzene rings is 2. The van der Waals surface area contributed by atoms with Crippen LogP contribution in [0.1, 0.15) is 12.0 Å². The first-order valence-electron chi connectivity index (χ1n) is 6.44. The number of nitrogens with two attached hydrogens (primary N) is 1. The molecule has 2 rings (SSSR count). The second-order valence-corrected chi connectivity index (χ2v) is 4.31. The van der Waals surface area contributed by atoms with Gasteiger partial charge in [0.1, 0.15) is 5.75 Å². The molecule has 100 valence electrons. The minimum Gasteiger partial charge on any atom is -0.494 e. The zero-order valence-corrected chi connectivity index (χ0v) is 10.9. The molecule has 0 atom stereocenters. The first-order valence-corrected chi connectivity index (χ1v) is 6.44. The quantitative estimate of drug-likeness (QED) is 0.611. The topological polar surface area (TPSA) is 44.5 Å². The minimum atomic E-state index is 0.651. The second kappa shape index (κ2) is 7.44. The normalized spacial score (nSPS) is 10.3. The molecule has 19 heavy (non-hydrogen) atoms. The van der Waals surface area contributed by atoms with Crippen LogP contribution in [0, 0.1) is 0 Å². The van der Waals surface area contributed by atoms with E-state index in [1.54, 1.807) is 0 Å². The van der Waals surface area contributed by atoms with Crippen LogP contribution in [0.2, 0.25) is 0 Å². The molecular formula is C16H19NO2. The third-order valence-electron chi connectivity index (χ3n) is 2.69. The summed E-state index contributed by atoms with van der Waals surface area (Å²) in [5, 5.41) is 0. The summed E-state index contributed by atoms with van der Waals surface area (Å²) in [7, 11) is 0. The van der Waals surface area contributed by atoms with Gasteiger partial charge in [0.15, 0.2) is 0 Å². The van der Waals surface area contributed by atoms with Crippen LogP contribution in [0.5, 0.6) is 5.75 Å². The van der Waals surface area contributed by atoms with Crippen molar-refractivity contribution < 1.29 is 9.47 Å². The number of ether oxygens (including phenoxy) is 2. The van der Waals surface area contributed by atoms with Crippen molar-refractivity contribution in [3.05, 3.63) is 60.2 Å². The molecule has 0 heterocycles. The smallest absolute Gasteiger partial charge is 0.119 e. The van der Waals surface area contributed by atoms with Crippen LogP contribution in [0.15, 0.2) is 54.6 Å². The van der Waals surface area contributed by atoms with E-state index < -0.39 is 0 Å². The van der Waals surface area contributed by atoms with Crippen molar-refractivity contribution in [1.82, 2.24) is 0 Å². The molecule has 3 nitrogen and oxygen atoms in total. The van der Waals surface area contributed by atoms with Crippen molar-refractivity contribution >= 4 is 5.69 Å². The zero-order valence-electron chi connectivity index (χ0n) is 10.9. The Kier molecular flexibility index (Phi) is 5.26. The molecule has 0 spiro atoms. The summed E-state index contributed by atoms with van der Waals surface area (Å²) in [6, 6.07) is 17.6. The molecule has 0 saturated carbocycles. The van der Waals surface area contributed by atoms with E-state index in [2.05, 4.69) is 12.1 Å². The van der Waals surface area contributed by atoms with Crippen molar-refractivity contribution in [2.24, 2.45) is 0 Å². The molecular weight excluding hydrogens is 238 g/mol. The monoisotopic (exact) mass is 257 g/mol. The maximum Gasteiger partial charge on any atom is 0.119 e. The predicted molar refractivity (Wildman–Crippen MR) is 77.1 cm³/mol. The van der Waals surface area contributed by atoms with Gasteiger partial charge in [-0.2, -0.15) is 0 Å². The Balaban J connectivity index is 1.56. The number of hydrogen-bond acceptors (Lipinski definition) is 3. The molecule has 0 aliphatic carbocycles. The highest BCUT2D eigenvalue weighted by Crippen LogP contribution is 2.13. The number of anilines is 1. The molecule has 0 fully saturated rings. The van der Waals surface area contributed by atoms with Crippen molar-refractivity contribution in [1.29, 1.82) is 0 Å². The van der Waals surface area contributed by atoms with E-state index in [4.69, 9.17) is 15.2 Å². The van der Waals surface area contributed by atoms with E-state index in [1.807, 2.05) is 42.5 Å². The SMILES string of the molecule is Nc1ccc(OCCCOCc2ccccc2)cc1. The highest BCUT2D eigenvalue weighted by Gasteiger charge is 1.95. The average molecular weight is 257 g/mol. The molecule has 0 aliphatic rings. The van der Waals surface area contributed by atoms with Crippen LogP contribution < -0.4 is 10.5 Å². The van der Waals surface area contributed by atoms with E-state index in [-0.39, 0.29) is 0 Å². The van der Waals surface area contributed by atoms with Gasteiger partial charge in [0, 0.05) is 12.1 Å². The van der Waals surface area contributed by atoms with Gasteiger partial charge in [-0.3, -0.25) is 0 Å². The fourth-order valence-corrected chi connectivity index (χ4v) is 1.68. The van der Waals surface area contributed by atoms with Gasteiger partial charge in [0.25, 0.3) is 0 Å². The Morgan fingerprint density at radius 2 is 1.58 bits per heavy atom. The Bertz CT molecular complexity index is 468. The lowest BCUT2D eigenvalue weighted by atomic mass is 10.2. The fourth-order valence-electron chi connectivity index (χ4n) is 1.68. The van der Waals surface area contributed by atoms with Gasteiger partial charge < -0.3 is 15.2 Å². The van der Waals surface area contributed by atoms with Crippen molar-refractivity contribution in [2.75, 3.05) is 18.9 Å². The van der Waals surface area contributed by atoms with Crippen LogP contribution in [-0.2, 0) is 11.3 Å². The molecule has 0 aromatic heterocycles. The molecule has 0 bridgehead atoms. The largest absolute Gasteiger partial charge is 0.494 e. The van der Waals surface area contributed by atoms with Gasteiger partial charge in [-0.25, -0.2) is 0 Å². The van der Waals surface area contributed by atoms with E-state index in [1.165, 1.54) is 5.56 Å². The minimum absolute atomic E-state index is 0.651. The second-order valence-electron chi connectivity index (χ2n) is 4.31. The molecule has 0 radical (unpaired) electrons. The molecule has 0 amide bonds. The lowest BCUT2D eigenvalue weighted by Crippen LogP contribution is -2.03. The first kappa shape index (κ1) is 13.4. The third-order valence-corrected chi connectivity index (χ3v) is 2.69. The summed E-state index contributed by atoms with van der Waals surface area (Å²) in [5.74, 6) is 0.845. The van der Waals surface area contributed by atoms with Crippen molar-refractivity contribution in [3.8, 4) is 5.75 Å². The maximum atomic E-state index is 5.60. The Morgan fingerprint density at radius 1 is 0.842 bits per heavy atom. The molecule has 2 aromatic rings. The Labute approximate surface area is 114 Å². The average Bonchev–Trinajstić information content (AvgIpc) is 2.46. The van der Waals surface area contributed by atoms with Crippen molar-refractivity contribution in [3.63, 3.8) is 0 Å². The van der Waals surface area contributed by atoms with Crippen LogP contribution in [0.4, 0.5) is 5.69 Å². The Morgan fingerprint density at radius 3 is 2.32 bits per heavy atom. The van der Waals surface area contributed by atoms with Gasteiger partial charge in [0.2, 0.25) is 0 Å². The third kappa shape index (κ3) is 5.02. The highest BCUT2D eigenvalue weighted by atomic mass is 16.5. The lowest BCUT2D eigenvalue weighted by molar-refractivity contribution is 0.107. The Hall–Kier alpha value is -2.00. The number of nitrogen functional groups attached to an aromatic ring is 1. The van der Waals surface area contributed by atoms with Gasteiger partial charge in [-0.1, -0.05) is 30.3 Å². The summed E-state index contributed by atoms with van der Waals surface area (Å²) in [6.45, 7) is 2.01. The predicted octanol–water partition coefficient (Wildman–Crippen LogP) is 3.25. The molecule has 3 heteroatoms. The maximum absolute atomic E-state index is 5.60.